The molecule has 0 amide bonds. The fourth-order valence-corrected chi connectivity index (χ4v) is 4.66. The Labute approximate surface area is 139 Å². The normalized spacial score (nSPS) is 17.0. The Kier molecular flexibility index (Phi) is 4.07. The Bertz CT molecular complexity index is 703. The van der Waals surface area contributed by atoms with Crippen molar-refractivity contribution >= 4 is 19.1 Å². The molecule has 1 aliphatic heterocycles. The first-order chi connectivity index (χ1) is 10.9. The second kappa shape index (κ2) is 5.89. The lowest BCUT2D eigenvalue weighted by molar-refractivity contribution is 0.00624. The minimum absolute atomic E-state index is 0.221. The van der Waals surface area contributed by atoms with Crippen molar-refractivity contribution in [3.63, 3.8) is 0 Å². The maximum atomic E-state index is 6.48. The van der Waals surface area contributed by atoms with Gasteiger partial charge in [0.15, 0.2) is 0 Å². The van der Waals surface area contributed by atoms with Crippen molar-refractivity contribution in [3.8, 4) is 0 Å². The molecule has 2 nitrogen and oxygen atoms in total. The van der Waals surface area contributed by atoms with Gasteiger partial charge >= 0.3 is 0 Å². The summed E-state index contributed by atoms with van der Waals surface area (Å²) in [6.45, 7) is 8.66. The summed E-state index contributed by atoms with van der Waals surface area (Å²) in [5.74, 6) is 0.710. The molecular formula is C20H24O2Si. The van der Waals surface area contributed by atoms with Crippen molar-refractivity contribution in [3.05, 3.63) is 72.2 Å². The molecule has 0 radical (unpaired) electrons. The van der Waals surface area contributed by atoms with Crippen LogP contribution in [0.25, 0.3) is 5.57 Å². The van der Waals surface area contributed by atoms with Gasteiger partial charge in [-0.15, -0.1) is 0 Å². The average Bonchev–Trinajstić information content (AvgIpc) is 2.83. The Morgan fingerprint density at radius 3 is 2.09 bits per heavy atom. The van der Waals surface area contributed by atoms with Crippen LogP contribution < -0.4 is 5.19 Å². The quantitative estimate of drug-likeness (QED) is 0.760. The highest BCUT2D eigenvalue weighted by molar-refractivity contribution is 6.84. The van der Waals surface area contributed by atoms with Crippen LogP contribution in [0.4, 0.5) is 0 Å². The molecule has 0 saturated heterocycles. The lowest BCUT2D eigenvalue weighted by Crippen LogP contribution is -2.44. The largest absolute Gasteiger partial charge is 0.515 e. The van der Waals surface area contributed by atoms with E-state index in [1.807, 2.05) is 12.1 Å². The highest BCUT2D eigenvalue weighted by atomic mass is 28.4. The van der Waals surface area contributed by atoms with Gasteiger partial charge in [0, 0.05) is 12.0 Å². The number of rotatable bonds is 4. The molecule has 2 aromatic rings. The summed E-state index contributed by atoms with van der Waals surface area (Å²) in [5, 5.41) is 1.27. The third-order valence-corrected chi connectivity index (χ3v) is 6.58. The number of hydrogen-bond donors (Lipinski definition) is 0. The van der Waals surface area contributed by atoms with Crippen LogP contribution in [0.3, 0.4) is 0 Å². The molecule has 0 aliphatic carbocycles. The summed E-state index contributed by atoms with van der Waals surface area (Å²) in [7, 11) is -2.06. The molecule has 0 atom stereocenters. The summed E-state index contributed by atoms with van der Waals surface area (Å²) < 4.78 is 12.6. The first kappa shape index (κ1) is 15.9. The van der Waals surface area contributed by atoms with Crippen LogP contribution in [0, 0.1) is 0 Å². The van der Waals surface area contributed by atoms with Crippen LogP contribution in [0.1, 0.15) is 25.8 Å². The molecular weight excluding hydrogens is 300 g/mol. The van der Waals surface area contributed by atoms with E-state index in [9.17, 15) is 0 Å². The summed E-state index contributed by atoms with van der Waals surface area (Å²) in [5.41, 5.74) is 2.14. The van der Waals surface area contributed by atoms with Gasteiger partial charge in [-0.3, -0.25) is 0 Å². The van der Waals surface area contributed by atoms with E-state index >= 15 is 0 Å². The van der Waals surface area contributed by atoms with Gasteiger partial charge in [0.05, 0.1) is 0 Å². The van der Waals surface area contributed by atoms with Crippen molar-refractivity contribution < 1.29 is 9.16 Å². The van der Waals surface area contributed by atoms with Crippen LogP contribution in [0.5, 0.6) is 0 Å². The second-order valence-electron chi connectivity index (χ2n) is 7.15. The van der Waals surface area contributed by atoms with Crippen LogP contribution in [-0.2, 0) is 9.16 Å². The molecule has 0 spiro atoms. The molecule has 0 bridgehead atoms. The number of hydrogen-bond acceptors (Lipinski definition) is 2. The molecule has 3 heteroatoms. The van der Waals surface area contributed by atoms with Crippen LogP contribution in [-0.4, -0.2) is 13.9 Å². The number of benzene rings is 2. The Morgan fingerprint density at radius 2 is 1.48 bits per heavy atom. The third kappa shape index (κ3) is 3.50. The maximum absolute atomic E-state index is 6.48. The minimum Gasteiger partial charge on any atom is -0.515 e. The SMILES string of the molecule is CC1(C)CC(c2ccccc2)=C(O[Si](C)(C)c2ccccc2)O1. The van der Waals surface area contributed by atoms with Gasteiger partial charge < -0.3 is 9.16 Å². The van der Waals surface area contributed by atoms with Crippen LogP contribution >= 0.6 is 0 Å². The van der Waals surface area contributed by atoms with Gasteiger partial charge in [-0.25, -0.2) is 0 Å². The summed E-state index contributed by atoms with van der Waals surface area (Å²) >= 11 is 0. The Hall–Kier alpha value is -2.00. The van der Waals surface area contributed by atoms with Gasteiger partial charge in [0.25, 0.3) is 14.3 Å². The van der Waals surface area contributed by atoms with Gasteiger partial charge in [-0.1, -0.05) is 60.7 Å². The highest BCUT2D eigenvalue weighted by Crippen LogP contribution is 2.40. The molecule has 2 aromatic carbocycles. The van der Waals surface area contributed by atoms with Crippen LogP contribution in [0.15, 0.2) is 66.6 Å². The van der Waals surface area contributed by atoms with Gasteiger partial charge in [-0.2, -0.15) is 0 Å². The fourth-order valence-electron chi connectivity index (χ4n) is 2.92. The zero-order valence-electron chi connectivity index (χ0n) is 14.3. The molecule has 120 valence electrons. The van der Waals surface area contributed by atoms with E-state index in [0.29, 0.717) is 5.95 Å². The predicted octanol–water partition coefficient (Wildman–Crippen LogP) is 4.68. The smallest absolute Gasteiger partial charge is 0.280 e. The summed E-state index contributed by atoms with van der Waals surface area (Å²) in [6.07, 6.45) is 0.867. The van der Waals surface area contributed by atoms with E-state index in [0.717, 1.165) is 6.42 Å². The Balaban J connectivity index is 1.95. The van der Waals surface area contributed by atoms with Crippen molar-refractivity contribution in [1.82, 2.24) is 0 Å². The van der Waals surface area contributed by atoms with E-state index in [2.05, 4.69) is 75.5 Å². The lowest BCUT2D eigenvalue weighted by atomic mass is 9.96. The van der Waals surface area contributed by atoms with Gasteiger partial charge in [0.1, 0.15) is 5.60 Å². The maximum Gasteiger partial charge on any atom is 0.280 e. The van der Waals surface area contributed by atoms with E-state index < -0.39 is 8.32 Å². The van der Waals surface area contributed by atoms with Crippen LogP contribution in [0.2, 0.25) is 13.1 Å². The minimum atomic E-state index is -2.06. The van der Waals surface area contributed by atoms with Gasteiger partial charge in [-0.05, 0) is 37.7 Å². The molecule has 23 heavy (non-hydrogen) atoms. The first-order valence-corrected chi connectivity index (χ1v) is 11.0. The predicted molar refractivity (Wildman–Crippen MR) is 97.8 cm³/mol. The molecule has 0 unspecified atom stereocenters. The fraction of sp³-hybridized carbons (Fsp3) is 0.300. The van der Waals surface area contributed by atoms with Crippen molar-refractivity contribution in [2.75, 3.05) is 0 Å². The van der Waals surface area contributed by atoms with E-state index in [-0.39, 0.29) is 5.60 Å². The molecule has 3 rings (SSSR count). The molecule has 0 saturated carbocycles. The topological polar surface area (TPSA) is 18.5 Å². The zero-order chi connectivity index (χ0) is 16.5. The van der Waals surface area contributed by atoms with Crippen molar-refractivity contribution in [1.29, 1.82) is 0 Å². The average molecular weight is 324 g/mol. The standard InChI is InChI=1S/C20H24O2Si/c1-20(2)15-18(16-11-7-5-8-12-16)19(21-20)22-23(3,4)17-13-9-6-10-14-17/h5-14H,15H2,1-4H3. The first-order valence-electron chi connectivity index (χ1n) is 8.09. The third-order valence-electron chi connectivity index (χ3n) is 4.16. The monoisotopic (exact) mass is 324 g/mol. The number of ether oxygens (including phenoxy) is 1. The molecule has 1 aliphatic rings. The second-order valence-corrected chi connectivity index (χ2v) is 11.0. The molecule has 1 heterocycles. The Morgan fingerprint density at radius 1 is 0.913 bits per heavy atom. The van der Waals surface area contributed by atoms with E-state index in [4.69, 9.17) is 9.16 Å². The molecule has 0 fully saturated rings. The van der Waals surface area contributed by atoms with Gasteiger partial charge in [0.2, 0.25) is 0 Å². The lowest BCUT2D eigenvalue weighted by Gasteiger charge is -2.27. The van der Waals surface area contributed by atoms with E-state index in [1.54, 1.807) is 0 Å². The summed E-state index contributed by atoms with van der Waals surface area (Å²) in [4.78, 5) is 0. The zero-order valence-corrected chi connectivity index (χ0v) is 15.3. The van der Waals surface area contributed by atoms with Crippen molar-refractivity contribution in [2.24, 2.45) is 0 Å². The summed E-state index contributed by atoms with van der Waals surface area (Å²) in [6, 6.07) is 20.9. The molecule has 0 aromatic heterocycles. The highest BCUT2D eigenvalue weighted by Gasteiger charge is 2.38. The van der Waals surface area contributed by atoms with E-state index in [1.165, 1.54) is 16.3 Å². The molecule has 0 N–H and O–H groups in total. The van der Waals surface area contributed by atoms with Crippen molar-refractivity contribution in [2.45, 2.75) is 39.0 Å².